The lowest BCUT2D eigenvalue weighted by atomic mass is 10.2. The standard InChI is InChI=1S/C26H17BrN4O7/c27-19-8-11-22(38-26(34)16-6-9-21(10-7-16)31(35)36)18(13-19)15-28-30-24(32)17-3-1-4-20(14-17)29-25(33)23-5-2-12-37-23/h1-15H,(H,29,33)(H,30,32). The number of hydrogen-bond donors (Lipinski definition) is 2. The number of hydrogen-bond acceptors (Lipinski definition) is 8. The number of nitro benzene ring substituents is 1. The highest BCUT2D eigenvalue weighted by molar-refractivity contribution is 9.10. The van der Waals surface area contributed by atoms with Gasteiger partial charge >= 0.3 is 5.97 Å². The number of amides is 2. The van der Waals surface area contributed by atoms with E-state index < -0.39 is 22.7 Å². The zero-order valence-corrected chi connectivity index (χ0v) is 20.9. The Morgan fingerprint density at radius 1 is 0.947 bits per heavy atom. The number of non-ortho nitro benzene ring substituents is 1. The van der Waals surface area contributed by atoms with Crippen LogP contribution >= 0.6 is 15.9 Å². The van der Waals surface area contributed by atoms with Crippen molar-refractivity contribution in [1.82, 2.24) is 5.43 Å². The maximum absolute atomic E-state index is 12.6. The van der Waals surface area contributed by atoms with Gasteiger partial charge in [0.05, 0.1) is 23.0 Å². The van der Waals surface area contributed by atoms with Crippen LogP contribution in [0.4, 0.5) is 11.4 Å². The molecule has 0 aliphatic heterocycles. The Kier molecular flexibility index (Phi) is 8.04. The summed E-state index contributed by atoms with van der Waals surface area (Å²) in [6.07, 6.45) is 2.67. The van der Waals surface area contributed by atoms with Crippen molar-refractivity contribution in [2.75, 3.05) is 5.32 Å². The highest BCUT2D eigenvalue weighted by Crippen LogP contribution is 2.23. The first-order chi connectivity index (χ1) is 18.3. The monoisotopic (exact) mass is 576 g/mol. The SMILES string of the molecule is O=C(NN=Cc1cc(Br)ccc1OC(=O)c1ccc([N+](=O)[O-])cc1)c1cccc(NC(=O)c2ccco2)c1. The maximum atomic E-state index is 12.6. The molecule has 0 saturated heterocycles. The molecule has 3 aromatic carbocycles. The first-order valence-corrected chi connectivity index (χ1v) is 11.6. The predicted molar refractivity (Wildman–Crippen MR) is 140 cm³/mol. The van der Waals surface area contributed by atoms with E-state index in [1.807, 2.05) is 0 Å². The van der Waals surface area contributed by atoms with Crippen molar-refractivity contribution in [2.24, 2.45) is 5.10 Å². The lowest BCUT2D eigenvalue weighted by Gasteiger charge is -2.08. The van der Waals surface area contributed by atoms with Crippen molar-refractivity contribution < 1.29 is 28.5 Å². The Bertz CT molecular complexity index is 1530. The van der Waals surface area contributed by atoms with Crippen LogP contribution < -0.4 is 15.5 Å². The molecule has 4 rings (SSSR count). The van der Waals surface area contributed by atoms with Crippen LogP contribution in [0, 0.1) is 10.1 Å². The lowest BCUT2D eigenvalue weighted by molar-refractivity contribution is -0.384. The fraction of sp³-hybridized carbons (Fsp3) is 0. The quantitative estimate of drug-likeness (QED) is 0.0961. The van der Waals surface area contributed by atoms with E-state index in [1.54, 1.807) is 36.4 Å². The third-order valence-corrected chi connectivity index (χ3v) is 5.48. The number of benzene rings is 3. The second-order valence-corrected chi connectivity index (χ2v) is 8.50. The minimum Gasteiger partial charge on any atom is -0.459 e. The van der Waals surface area contributed by atoms with Gasteiger partial charge < -0.3 is 14.5 Å². The number of nitro groups is 1. The van der Waals surface area contributed by atoms with Crippen LogP contribution in [0.3, 0.4) is 0 Å². The highest BCUT2D eigenvalue weighted by Gasteiger charge is 2.14. The van der Waals surface area contributed by atoms with Gasteiger partial charge in [0.25, 0.3) is 17.5 Å². The lowest BCUT2D eigenvalue weighted by Crippen LogP contribution is -2.18. The number of carbonyl (C=O) groups is 3. The van der Waals surface area contributed by atoms with Gasteiger partial charge in [-0.05, 0) is 60.7 Å². The minimum absolute atomic E-state index is 0.119. The number of furan rings is 1. The summed E-state index contributed by atoms with van der Waals surface area (Å²) in [6, 6.07) is 19.1. The Morgan fingerprint density at radius 3 is 2.45 bits per heavy atom. The summed E-state index contributed by atoms with van der Waals surface area (Å²) >= 11 is 3.33. The molecule has 1 aromatic heterocycles. The van der Waals surface area contributed by atoms with Crippen molar-refractivity contribution >= 4 is 51.3 Å². The summed E-state index contributed by atoms with van der Waals surface area (Å²) in [4.78, 5) is 47.5. The van der Waals surface area contributed by atoms with Crippen LogP contribution in [0.5, 0.6) is 5.75 Å². The van der Waals surface area contributed by atoms with E-state index in [1.165, 1.54) is 54.9 Å². The normalized spacial score (nSPS) is 10.7. The molecule has 1 heterocycles. The Morgan fingerprint density at radius 2 is 1.74 bits per heavy atom. The molecule has 190 valence electrons. The molecular weight excluding hydrogens is 560 g/mol. The topological polar surface area (TPSA) is 153 Å². The van der Waals surface area contributed by atoms with Gasteiger partial charge in [0.1, 0.15) is 5.75 Å². The fourth-order valence-electron chi connectivity index (χ4n) is 3.15. The number of hydrazone groups is 1. The molecule has 0 unspecified atom stereocenters. The molecule has 0 aliphatic carbocycles. The maximum Gasteiger partial charge on any atom is 0.343 e. The number of halogens is 1. The van der Waals surface area contributed by atoms with Crippen LogP contribution in [0.2, 0.25) is 0 Å². The van der Waals surface area contributed by atoms with Crippen LogP contribution in [0.25, 0.3) is 0 Å². The van der Waals surface area contributed by atoms with E-state index in [9.17, 15) is 24.5 Å². The van der Waals surface area contributed by atoms with Crippen molar-refractivity contribution in [3.8, 4) is 5.75 Å². The van der Waals surface area contributed by atoms with Gasteiger partial charge in [-0.25, -0.2) is 10.2 Å². The van der Waals surface area contributed by atoms with Crippen LogP contribution in [-0.2, 0) is 0 Å². The molecule has 0 radical (unpaired) electrons. The molecule has 0 fully saturated rings. The first-order valence-electron chi connectivity index (χ1n) is 10.8. The van der Waals surface area contributed by atoms with Gasteiger partial charge in [-0.2, -0.15) is 5.10 Å². The molecule has 12 heteroatoms. The second kappa shape index (κ2) is 11.8. The number of nitrogens with one attached hydrogen (secondary N) is 2. The molecule has 4 aromatic rings. The Balaban J connectivity index is 1.42. The van der Waals surface area contributed by atoms with E-state index in [4.69, 9.17) is 9.15 Å². The average Bonchev–Trinajstić information content (AvgIpc) is 3.46. The van der Waals surface area contributed by atoms with E-state index in [-0.39, 0.29) is 28.3 Å². The smallest absolute Gasteiger partial charge is 0.343 e. The molecular formula is C26H17BrN4O7. The predicted octanol–water partition coefficient (Wildman–Crippen LogP) is 5.19. The Labute approximate surface area is 223 Å². The van der Waals surface area contributed by atoms with Crippen molar-refractivity contribution in [3.63, 3.8) is 0 Å². The third-order valence-electron chi connectivity index (χ3n) is 4.99. The number of anilines is 1. The number of ether oxygens (including phenoxy) is 1. The van der Waals surface area contributed by atoms with Gasteiger partial charge in [0.15, 0.2) is 5.76 Å². The summed E-state index contributed by atoms with van der Waals surface area (Å²) in [5.74, 6) is -1.46. The second-order valence-electron chi connectivity index (χ2n) is 7.59. The minimum atomic E-state index is -0.727. The molecule has 2 amide bonds. The molecule has 0 bridgehead atoms. The van der Waals surface area contributed by atoms with Crippen LogP contribution in [0.1, 0.15) is 36.8 Å². The summed E-state index contributed by atoms with van der Waals surface area (Å²) in [5, 5.41) is 17.4. The Hall–Kier alpha value is -5.10. The van der Waals surface area contributed by atoms with Gasteiger partial charge in [-0.15, -0.1) is 0 Å². The van der Waals surface area contributed by atoms with Crippen molar-refractivity contribution in [3.05, 3.63) is 122 Å². The third kappa shape index (κ3) is 6.56. The average molecular weight is 577 g/mol. The van der Waals surface area contributed by atoms with E-state index in [0.717, 1.165) is 0 Å². The van der Waals surface area contributed by atoms with E-state index >= 15 is 0 Å². The first kappa shape index (κ1) is 26.0. The van der Waals surface area contributed by atoms with Crippen molar-refractivity contribution in [2.45, 2.75) is 0 Å². The molecule has 0 saturated carbocycles. The number of esters is 1. The van der Waals surface area contributed by atoms with E-state index in [0.29, 0.717) is 15.7 Å². The van der Waals surface area contributed by atoms with E-state index in [2.05, 4.69) is 31.8 Å². The van der Waals surface area contributed by atoms with Crippen LogP contribution in [-0.4, -0.2) is 28.9 Å². The van der Waals surface area contributed by atoms with Crippen molar-refractivity contribution in [1.29, 1.82) is 0 Å². The zero-order chi connectivity index (χ0) is 27.1. The highest BCUT2D eigenvalue weighted by atomic mass is 79.9. The summed E-state index contributed by atoms with van der Waals surface area (Å²) in [5.41, 5.74) is 3.34. The van der Waals surface area contributed by atoms with Gasteiger partial charge in [-0.3, -0.25) is 19.7 Å². The molecule has 38 heavy (non-hydrogen) atoms. The van der Waals surface area contributed by atoms with Gasteiger partial charge in [0.2, 0.25) is 0 Å². The number of rotatable bonds is 8. The van der Waals surface area contributed by atoms with Gasteiger partial charge in [-0.1, -0.05) is 22.0 Å². The fourth-order valence-corrected chi connectivity index (χ4v) is 3.53. The molecule has 11 nitrogen and oxygen atoms in total. The summed E-state index contributed by atoms with van der Waals surface area (Å²) < 4.78 is 11.1. The number of carbonyl (C=O) groups excluding carboxylic acids is 3. The molecule has 0 atom stereocenters. The van der Waals surface area contributed by atoms with Crippen LogP contribution in [0.15, 0.2) is 99.1 Å². The number of nitrogens with zero attached hydrogens (tertiary/aromatic N) is 2. The molecule has 0 spiro atoms. The molecule has 2 N–H and O–H groups in total. The molecule has 0 aliphatic rings. The summed E-state index contributed by atoms with van der Waals surface area (Å²) in [7, 11) is 0. The zero-order valence-electron chi connectivity index (χ0n) is 19.3. The van der Waals surface area contributed by atoms with Gasteiger partial charge in [0, 0.05) is 33.4 Å². The largest absolute Gasteiger partial charge is 0.459 e. The summed E-state index contributed by atoms with van der Waals surface area (Å²) in [6.45, 7) is 0.